The van der Waals surface area contributed by atoms with Gasteiger partial charge in [-0.1, -0.05) is 55.8 Å². The van der Waals surface area contributed by atoms with Crippen molar-refractivity contribution in [3.63, 3.8) is 0 Å². The van der Waals surface area contributed by atoms with Crippen LogP contribution in [-0.4, -0.2) is 46.8 Å². The van der Waals surface area contributed by atoms with E-state index in [2.05, 4.69) is 36.0 Å². The fourth-order valence-corrected chi connectivity index (χ4v) is 4.23. The molecular formula is C26H29ClN4O2. The van der Waals surface area contributed by atoms with Gasteiger partial charge in [-0.25, -0.2) is 4.68 Å². The van der Waals surface area contributed by atoms with Crippen LogP contribution in [0, 0.1) is 0 Å². The maximum absolute atomic E-state index is 12.8. The fraction of sp³-hybridized carbons (Fsp3) is 0.346. The summed E-state index contributed by atoms with van der Waals surface area (Å²) in [5, 5.41) is 5.22. The van der Waals surface area contributed by atoms with Crippen LogP contribution in [-0.2, 0) is 11.3 Å². The number of hydrogen-bond acceptors (Lipinski definition) is 4. The lowest BCUT2D eigenvalue weighted by Crippen LogP contribution is -2.49. The van der Waals surface area contributed by atoms with Gasteiger partial charge in [-0.3, -0.25) is 9.59 Å². The van der Waals surface area contributed by atoms with E-state index in [4.69, 9.17) is 11.6 Å². The average Bonchev–Trinajstić information content (AvgIpc) is 2.83. The smallest absolute Gasteiger partial charge is 0.266 e. The first-order chi connectivity index (χ1) is 15.9. The molecule has 0 unspecified atom stereocenters. The van der Waals surface area contributed by atoms with Crippen molar-refractivity contribution < 1.29 is 4.79 Å². The quantitative estimate of drug-likeness (QED) is 0.541. The standard InChI is InChI=1S/C26H29ClN4O2/c1-19(2)20-6-8-21(9-7-20)24-10-11-26(33)31(28-24)13-12-25(32)30-16-14-29(15-17-30)23-5-3-4-22(27)18-23/h3-11,18-19H,12-17H2,1-2H3. The second-order valence-electron chi connectivity index (χ2n) is 8.65. The molecule has 6 nitrogen and oxygen atoms in total. The molecule has 2 heterocycles. The van der Waals surface area contributed by atoms with Crippen LogP contribution in [0.1, 0.15) is 31.7 Å². The highest BCUT2D eigenvalue weighted by atomic mass is 35.5. The summed E-state index contributed by atoms with van der Waals surface area (Å²) in [6.45, 7) is 7.39. The monoisotopic (exact) mass is 464 g/mol. The SMILES string of the molecule is CC(C)c1ccc(-c2ccc(=O)n(CCC(=O)N3CCN(c4cccc(Cl)c4)CC3)n2)cc1. The number of piperazine rings is 1. The maximum Gasteiger partial charge on any atom is 0.266 e. The van der Waals surface area contributed by atoms with E-state index in [9.17, 15) is 9.59 Å². The molecule has 0 bridgehead atoms. The minimum atomic E-state index is -0.198. The Morgan fingerprint density at radius 2 is 1.73 bits per heavy atom. The van der Waals surface area contributed by atoms with Gasteiger partial charge in [0.1, 0.15) is 0 Å². The van der Waals surface area contributed by atoms with Crippen molar-refractivity contribution in [3.05, 3.63) is 81.6 Å². The van der Waals surface area contributed by atoms with Crippen LogP contribution < -0.4 is 10.5 Å². The van der Waals surface area contributed by atoms with Crippen molar-refractivity contribution in [2.75, 3.05) is 31.1 Å². The van der Waals surface area contributed by atoms with E-state index in [-0.39, 0.29) is 24.4 Å². The van der Waals surface area contributed by atoms with Crippen LogP contribution >= 0.6 is 11.6 Å². The van der Waals surface area contributed by atoms with Crippen LogP contribution in [0.15, 0.2) is 65.5 Å². The molecule has 0 saturated carbocycles. The predicted octanol–water partition coefficient (Wildman–Crippen LogP) is 4.43. The summed E-state index contributed by atoms with van der Waals surface area (Å²) >= 11 is 6.10. The lowest BCUT2D eigenvalue weighted by molar-refractivity contribution is -0.131. The van der Waals surface area contributed by atoms with Crippen molar-refractivity contribution in [1.29, 1.82) is 0 Å². The van der Waals surface area contributed by atoms with E-state index in [1.807, 2.05) is 41.3 Å². The summed E-state index contributed by atoms with van der Waals surface area (Å²) in [6.07, 6.45) is 0.250. The summed E-state index contributed by atoms with van der Waals surface area (Å²) in [6, 6.07) is 19.3. The van der Waals surface area contributed by atoms with Gasteiger partial charge in [0, 0.05) is 54.9 Å². The summed E-state index contributed by atoms with van der Waals surface area (Å²) < 4.78 is 1.39. The van der Waals surface area contributed by atoms with Gasteiger partial charge < -0.3 is 9.80 Å². The highest BCUT2D eigenvalue weighted by Gasteiger charge is 2.21. The third kappa shape index (κ3) is 5.63. The molecule has 2 aromatic carbocycles. The number of hydrogen-bond donors (Lipinski definition) is 0. The van der Waals surface area contributed by atoms with Gasteiger partial charge in [0.25, 0.3) is 5.56 Å². The number of nitrogens with zero attached hydrogens (tertiary/aromatic N) is 4. The third-order valence-electron chi connectivity index (χ3n) is 6.08. The molecule has 0 atom stereocenters. The van der Waals surface area contributed by atoms with Gasteiger partial charge in [0.15, 0.2) is 0 Å². The van der Waals surface area contributed by atoms with Crippen LogP contribution in [0.4, 0.5) is 5.69 Å². The van der Waals surface area contributed by atoms with Crippen molar-refractivity contribution >= 4 is 23.2 Å². The van der Waals surface area contributed by atoms with E-state index < -0.39 is 0 Å². The van der Waals surface area contributed by atoms with E-state index in [1.165, 1.54) is 16.3 Å². The van der Waals surface area contributed by atoms with E-state index >= 15 is 0 Å². The number of aryl methyl sites for hydroxylation is 1. The summed E-state index contributed by atoms with van der Waals surface area (Å²) in [5.74, 6) is 0.500. The van der Waals surface area contributed by atoms with Crippen LogP contribution in [0.3, 0.4) is 0 Å². The van der Waals surface area contributed by atoms with Gasteiger partial charge >= 0.3 is 0 Å². The minimum absolute atomic E-state index is 0.0427. The topological polar surface area (TPSA) is 58.4 Å². The van der Waals surface area contributed by atoms with E-state index in [0.29, 0.717) is 24.0 Å². The van der Waals surface area contributed by atoms with Crippen LogP contribution in [0.2, 0.25) is 5.02 Å². The molecule has 4 rings (SSSR count). The lowest BCUT2D eigenvalue weighted by atomic mass is 10.0. The Bertz CT molecular complexity index is 1170. The van der Waals surface area contributed by atoms with Crippen molar-refractivity contribution in [3.8, 4) is 11.3 Å². The Kier molecular flexibility index (Phi) is 7.14. The molecule has 1 saturated heterocycles. The van der Waals surface area contributed by atoms with Crippen LogP contribution in [0.25, 0.3) is 11.3 Å². The number of carbonyl (C=O) groups excluding carboxylic acids is 1. The van der Waals surface area contributed by atoms with E-state index in [0.717, 1.165) is 30.0 Å². The molecule has 3 aromatic rings. The van der Waals surface area contributed by atoms with Crippen molar-refractivity contribution in [2.45, 2.75) is 32.7 Å². The Morgan fingerprint density at radius 3 is 2.39 bits per heavy atom. The molecule has 0 radical (unpaired) electrons. The fourth-order valence-electron chi connectivity index (χ4n) is 4.05. The van der Waals surface area contributed by atoms with Crippen molar-refractivity contribution in [2.24, 2.45) is 0 Å². The first kappa shape index (κ1) is 23.1. The first-order valence-corrected chi connectivity index (χ1v) is 11.8. The molecular weight excluding hydrogens is 436 g/mol. The third-order valence-corrected chi connectivity index (χ3v) is 6.32. The second-order valence-corrected chi connectivity index (χ2v) is 9.09. The molecule has 1 fully saturated rings. The predicted molar refractivity (Wildman–Crippen MR) is 133 cm³/mol. The Morgan fingerprint density at radius 1 is 1.00 bits per heavy atom. The largest absolute Gasteiger partial charge is 0.368 e. The van der Waals surface area contributed by atoms with Gasteiger partial charge in [-0.2, -0.15) is 5.10 Å². The number of carbonyl (C=O) groups is 1. The summed E-state index contributed by atoms with van der Waals surface area (Å²) in [4.78, 5) is 29.2. The van der Waals surface area contributed by atoms with Crippen molar-refractivity contribution in [1.82, 2.24) is 14.7 Å². The van der Waals surface area contributed by atoms with Gasteiger partial charge in [0.05, 0.1) is 12.2 Å². The second kappa shape index (κ2) is 10.2. The number of amides is 1. The van der Waals surface area contributed by atoms with Gasteiger partial charge in [-0.05, 0) is 35.7 Å². The normalized spacial score (nSPS) is 14.1. The lowest BCUT2D eigenvalue weighted by Gasteiger charge is -2.36. The average molecular weight is 465 g/mol. The molecule has 1 aromatic heterocycles. The highest BCUT2D eigenvalue weighted by Crippen LogP contribution is 2.22. The number of rotatable bonds is 6. The van der Waals surface area contributed by atoms with Crippen LogP contribution in [0.5, 0.6) is 0 Å². The molecule has 0 N–H and O–H groups in total. The molecule has 1 amide bonds. The summed E-state index contributed by atoms with van der Waals surface area (Å²) in [5.41, 5.74) is 3.82. The Labute approximate surface area is 199 Å². The number of benzene rings is 2. The molecule has 33 heavy (non-hydrogen) atoms. The molecule has 0 aliphatic carbocycles. The first-order valence-electron chi connectivity index (χ1n) is 11.4. The molecule has 7 heteroatoms. The van der Waals surface area contributed by atoms with E-state index in [1.54, 1.807) is 6.07 Å². The number of halogens is 1. The maximum atomic E-state index is 12.8. The minimum Gasteiger partial charge on any atom is -0.368 e. The Hall–Kier alpha value is -3.12. The van der Waals surface area contributed by atoms with Gasteiger partial charge in [0.2, 0.25) is 5.91 Å². The zero-order chi connectivity index (χ0) is 23.4. The Balaban J connectivity index is 1.35. The molecule has 1 aliphatic heterocycles. The molecule has 1 aliphatic rings. The zero-order valence-corrected chi connectivity index (χ0v) is 19.8. The number of aromatic nitrogens is 2. The summed E-state index contributed by atoms with van der Waals surface area (Å²) in [7, 11) is 0. The zero-order valence-electron chi connectivity index (χ0n) is 19.1. The molecule has 172 valence electrons. The highest BCUT2D eigenvalue weighted by molar-refractivity contribution is 6.30. The molecule has 0 spiro atoms. The van der Waals surface area contributed by atoms with Gasteiger partial charge in [-0.15, -0.1) is 0 Å². The number of anilines is 1.